The van der Waals surface area contributed by atoms with Gasteiger partial charge >= 0.3 is 7.12 Å². The number of fused-ring (bicyclic) bond motifs is 2. The number of aliphatic carboxylic acids is 2. The molecule has 4 atom stereocenters. The van der Waals surface area contributed by atoms with E-state index in [1.165, 1.54) is 12.4 Å². The molecule has 0 bridgehead atoms. The number of halogens is 1. The van der Waals surface area contributed by atoms with E-state index in [1.807, 2.05) is 79.4 Å². The largest absolute Gasteiger partial charge is 0.481 e. The maximum Gasteiger partial charge on any atom is 0.448 e. The molecule has 10 rings (SSSR count). The van der Waals surface area contributed by atoms with E-state index < -0.39 is 19.1 Å². The number of hydrogen-bond acceptors (Lipinski definition) is 12. The van der Waals surface area contributed by atoms with Gasteiger partial charge in [0.1, 0.15) is 11.6 Å². The number of benzene rings is 4. The van der Waals surface area contributed by atoms with Crippen LogP contribution in [0.5, 0.6) is 0 Å². The number of para-hydroxylation sites is 2. The summed E-state index contributed by atoms with van der Waals surface area (Å²) >= 11 is 3.82. The van der Waals surface area contributed by atoms with Crippen LogP contribution >= 0.6 is 15.9 Å². The van der Waals surface area contributed by atoms with Crippen molar-refractivity contribution in [3.8, 4) is 44.5 Å². The zero-order chi connectivity index (χ0) is 56.6. The van der Waals surface area contributed by atoms with Gasteiger partial charge in [-0.05, 0) is 98.3 Å². The quantitative estimate of drug-likeness (QED) is 0.0905. The van der Waals surface area contributed by atoms with Crippen LogP contribution in [0, 0.1) is 20.1 Å². The summed E-state index contributed by atoms with van der Waals surface area (Å²) in [6, 6.07) is 36.2. The molecule has 16 nitrogen and oxygen atoms in total. The van der Waals surface area contributed by atoms with Gasteiger partial charge in [0.15, 0.2) is 11.4 Å². The molecule has 2 aliphatic heterocycles. The van der Waals surface area contributed by atoms with Gasteiger partial charge < -0.3 is 39.5 Å². The van der Waals surface area contributed by atoms with Gasteiger partial charge in [-0.2, -0.15) is 0 Å². The minimum atomic E-state index is -1.17. The topological polar surface area (TPSA) is 200 Å². The number of hydrogen-bond donors (Lipinski definition) is 4. The Kier molecular flexibility index (Phi) is 23.3. The Morgan fingerprint density at radius 3 is 1.27 bits per heavy atom. The molecule has 4 N–H and O–H groups in total. The molecule has 0 unspecified atom stereocenters. The van der Waals surface area contributed by atoms with Crippen molar-refractivity contribution in [3.63, 3.8) is 0 Å². The van der Waals surface area contributed by atoms with Crippen molar-refractivity contribution in [3.05, 3.63) is 167 Å². The molecule has 6 heterocycles. The van der Waals surface area contributed by atoms with Gasteiger partial charge in [-0.25, -0.2) is 19.7 Å². The van der Waals surface area contributed by atoms with E-state index in [0.29, 0.717) is 11.4 Å². The Morgan fingerprint density at radius 2 is 0.899 bits per heavy atom. The Morgan fingerprint density at radius 1 is 0.557 bits per heavy atom. The van der Waals surface area contributed by atoms with Crippen LogP contribution in [0.4, 0.5) is 23.0 Å². The van der Waals surface area contributed by atoms with Crippen molar-refractivity contribution < 1.29 is 59.7 Å². The molecule has 2 aliphatic rings. The smallest absolute Gasteiger partial charge is 0.448 e. The number of aryl methyl sites for hydroxylation is 1. The third-order valence-corrected chi connectivity index (χ3v) is 13.1. The van der Waals surface area contributed by atoms with Crippen molar-refractivity contribution in [2.24, 2.45) is 0 Å². The SMILES string of the molecule is CB(O)O.CC(=O)O.CC(=O)O.[C-]#[N+]c1ccc(-c2cccc3c(Br)c(-c4ccc(N5C[C@@H](C)O[C@@H](C)C5)nc4)cnc23)cc1.[C-]#[N+]c1ccc(-c2cccc3c(C)c(-c4ccc(N5C[C@@H](C)O[C@@H](C)C5)nc4)cnc23)cc1.[Pd]. The molecule has 0 radical (unpaired) electrons. The first-order chi connectivity index (χ1) is 37.3. The van der Waals surface area contributed by atoms with Crippen LogP contribution in [0.1, 0.15) is 47.1 Å². The van der Waals surface area contributed by atoms with E-state index in [4.69, 9.17) is 72.4 Å². The van der Waals surface area contributed by atoms with E-state index in [0.717, 1.165) is 122 Å². The van der Waals surface area contributed by atoms with E-state index in [2.05, 4.69) is 125 Å². The normalized spacial score (nSPS) is 16.3. The average Bonchev–Trinajstić information content (AvgIpc) is 3.52. The molecular weight excluding hydrogens is 1160 g/mol. The molecule has 0 spiro atoms. The van der Waals surface area contributed by atoms with Crippen molar-refractivity contribution in [1.82, 2.24) is 19.9 Å². The third kappa shape index (κ3) is 17.3. The molecule has 19 heteroatoms. The number of nitrogens with zero attached hydrogens (tertiary/aromatic N) is 8. The predicted octanol–water partition coefficient (Wildman–Crippen LogP) is 12.6. The fraction of sp³-hybridized carbons (Fsp3) is 0.267. The Balaban J connectivity index is 0.000000239. The van der Waals surface area contributed by atoms with Gasteiger partial charge in [-0.15, -0.1) is 0 Å². The minimum Gasteiger partial charge on any atom is -0.481 e. The summed E-state index contributed by atoms with van der Waals surface area (Å²) in [7, 11) is -1.17. The van der Waals surface area contributed by atoms with Gasteiger partial charge in [-0.1, -0.05) is 84.9 Å². The fourth-order valence-corrected chi connectivity index (χ4v) is 9.78. The Labute approximate surface area is 483 Å². The van der Waals surface area contributed by atoms with Crippen LogP contribution in [0.2, 0.25) is 6.82 Å². The minimum absolute atomic E-state index is 0. The molecule has 2 saturated heterocycles. The van der Waals surface area contributed by atoms with Gasteiger partial charge in [0.05, 0.1) is 48.6 Å². The van der Waals surface area contributed by atoms with Crippen LogP contribution in [0.3, 0.4) is 0 Å². The van der Waals surface area contributed by atoms with Gasteiger partial charge in [0.2, 0.25) is 0 Å². The van der Waals surface area contributed by atoms with Crippen LogP contribution < -0.4 is 9.80 Å². The number of rotatable bonds is 6. The van der Waals surface area contributed by atoms with Gasteiger partial charge in [-0.3, -0.25) is 19.6 Å². The molecular formula is C60H62BBrN8O8Pd. The molecule has 79 heavy (non-hydrogen) atoms. The molecule has 4 aromatic heterocycles. The standard InChI is InChI=1S/C28H26N4O.C27H23BrN4O.2C2H4O2.CH5BO2.Pd/c1-18-16-32(17-19(2)33-18)27-13-10-22(14-30-27)26-15-31-28-24(20(26)3)6-5-7-25(28)21-8-11-23(29-4)12-9-21;1-17-15-32(16-18(2)33-17)25-12-9-20(13-30-25)24-14-31-27-22(5-4-6-23(27)26(24)28)19-7-10-21(29-3)11-8-19;3*1-2(3)4;/h5-15,18-19H,16-17H2,1-3H3;4-14,17-18H,15-16H2,1-2H3;2*1H3,(H,3,4);3-4H,1H3;/t18-,19+;17-,18+;;;;. The van der Waals surface area contributed by atoms with Gasteiger partial charge in [0.25, 0.3) is 11.9 Å². The summed E-state index contributed by atoms with van der Waals surface area (Å²) in [6.45, 7) is 31.7. The monoisotopic (exact) mass is 1220 g/mol. The Hall–Kier alpha value is -7.43. The maximum absolute atomic E-state index is 9.00. The number of aromatic nitrogens is 4. The zero-order valence-electron chi connectivity index (χ0n) is 45.1. The van der Waals surface area contributed by atoms with Crippen molar-refractivity contribution in [2.45, 2.75) is 79.7 Å². The second kappa shape index (κ2) is 29.5. The molecule has 2 fully saturated rings. The van der Waals surface area contributed by atoms with Crippen LogP contribution in [-0.2, 0) is 39.5 Å². The third-order valence-electron chi connectivity index (χ3n) is 12.2. The second-order valence-corrected chi connectivity index (χ2v) is 19.6. The second-order valence-electron chi connectivity index (χ2n) is 18.8. The molecule has 4 aromatic carbocycles. The van der Waals surface area contributed by atoms with Gasteiger partial charge in [0, 0.05) is 134 Å². The van der Waals surface area contributed by atoms with Crippen molar-refractivity contribution >= 4 is 79.8 Å². The number of carbonyl (C=O) groups is 2. The summed E-state index contributed by atoms with van der Waals surface area (Å²) < 4.78 is 12.7. The number of carboxylic acids is 2. The number of anilines is 2. The van der Waals surface area contributed by atoms with Crippen LogP contribution in [0.15, 0.2) is 138 Å². The first-order valence-electron chi connectivity index (χ1n) is 25.2. The molecule has 0 amide bonds. The van der Waals surface area contributed by atoms with Crippen molar-refractivity contribution in [1.29, 1.82) is 0 Å². The van der Waals surface area contributed by atoms with E-state index >= 15 is 0 Å². The molecule has 410 valence electrons. The summed E-state index contributed by atoms with van der Waals surface area (Å²) in [5, 5.41) is 32.2. The molecule has 0 saturated carbocycles. The molecule has 8 aromatic rings. The fourth-order valence-electron chi connectivity index (χ4n) is 9.13. The number of ether oxygens (including phenoxy) is 2. The maximum atomic E-state index is 9.00. The summed E-state index contributed by atoms with van der Waals surface area (Å²) in [4.78, 5) is 48.7. The van der Waals surface area contributed by atoms with E-state index in [-0.39, 0.29) is 44.8 Å². The number of carboxylic acid groups (broad SMARTS) is 2. The summed E-state index contributed by atoms with van der Waals surface area (Å²) in [5.41, 5.74) is 12.7. The Bertz CT molecular complexity index is 3160. The number of pyridine rings is 4. The predicted molar refractivity (Wildman–Crippen MR) is 313 cm³/mol. The van der Waals surface area contributed by atoms with Crippen LogP contribution in [-0.4, -0.2) is 110 Å². The number of morpholine rings is 2. The zero-order valence-corrected chi connectivity index (χ0v) is 48.3. The molecule has 0 aliphatic carbocycles. The van der Waals surface area contributed by atoms with Crippen molar-refractivity contribution in [2.75, 3.05) is 36.0 Å². The van der Waals surface area contributed by atoms with E-state index in [9.17, 15) is 0 Å². The first kappa shape index (κ1) is 62.4. The van der Waals surface area contributed by atoms with Crippen LogP contribution in [0.25, 0.3) is 76.0 Å². The van der Waals surface area contributed by atoms with E-state index in [1.54, 1.807) is 0 Å². The average molecular weight is 1220 g/mol. The first-order valence-corrected chi connectivity index (χ1v) is 26.0. The summed E-state index contributed by atoms with van der Waals surface area (Å²) in [5.74, 6) is 0.285. The summed E-state index contributed by atoms with van der Waals surface area (Å²) in [6.07, 6.45) is 8.51.